The van der Waals surface area contributed by atoms with Gasteiger partial charge in [0.15, 0.2) is 17.3 Å². The van der Waals surface area contributed by atoms with E-state index in [-0.39, 0.29) is 17.3 Å². The highest BCUT2D eigenvalue weighted by molar-refractivity contribution is 6.32. The maximum absolute atomic E-state index is 14.6. The number of hydrogen-bond acceptors (Lipinski definition) is 5. The summed E-state index contributed by atoms with van der Waals surface area (Å²) in [4.78, 5) is 45.7. The van der Waals surface area contributed by atoms with Crippen LogP contribution in [0.3, 0.4) is 0 Å². The van der Waals surface area contributed by atoms with Gasteiger partial charge in [0, 0.05) is 28.3 Å². The molecule has 0 unspecified atom stereocenters. The molecule has 39 heavy (non-hydrogen) atoms. The smallest absolute Gasteiger partial charge is 0.185 e. The molecule has 2 heterocycles. The number of carbonyl (C=O) groups is 3. The first kappa shape index (κ1) is 23.4. The number of para-hydroxylation sites is 1. The topological polar surface area (TPSA) is 63.7 Å². The Morgan fingerprint density at radius 2 is 1.38 bits per heavy atom. The Balaban J connectivity index is 1.54. The lowest BCUT2D eigenvalue weighted by atomic mass is 9.64. The number of hydrogen-bond donors (Lipinski definition) is 0. The van der Waals surface area contributed by atoms with Crippen molar-refractivity contribution in [2.45, 2.75) is 18.0 Å². The van der Waals surface area contributed by atoms with Gasteiger partial charge in [-0.05, 0) is 29.3 Å². The van der Waals surface area contributed by atoms with Crippen molar-refractivity contribution in [1.82, 2.24) is 0 Å². The summed E-state index contributed by atoms with van der Waals surface area (Å²) >= 11 is 0. The second-order valence-electron chi connectivity index (χ2n) is 10.3. The molecule has 3 aliphatic rings. The van der Waals surface area contributed by atoms with Crippen LogP contribution in [0.25, 0.3) is 6.08 Å². The first-order valence-electron chi connectivity index (χ1n) is 13.0. The Bertz CT molecular complexity index is 1640. The highest BCUT2D eigenvalue weighted by Crippen LogP contribution is 2.61. The second kappa shape index (κ2) is 8.63. The van der Waals surface area contributed by atoms with E-state index < -0.39 is 23.4 Å². The number of carbonyl (C=O) groups excluding carboxylic acids is 3. The Labute approximate surface area is 226 Å². The predicted molar refractivity (Wildman–Crippen MR) is 150 cm³/mol. The summed E-state index contributed by atoms with van der Waals surface area (Å²) in [5.41, 5.74) is 2.41. The third kappa shape index (κ3) is 3.10. The van der Waals surface area contributed by atoms with Crippen molar-refractivity contribution >= 4 is 29.1 Å². The van der Waals surface area contributed by atoms with E-state index in [9.17, 15) is 14.4 Å². The summed E-state index contributed by atoms with van der Waals surface area (Å²) in [5, 5.41) is 0. The highest BCUT2D eigenvalue weighted by Gasteiger charge is 2.71. The molecule has 1 saturated heterocycles. The van der Waals surface area contributed by atoms with Crippen LogP contribution in [0.2, 0.25) is 0 Å². The van der Waals surface area contributed by atoms with Crippen LogP contribution in [0.5, 0.6) is 5.75 Å². The van der Waals surface area contributed by atoms with Crippen LogP contribution in [-0.2, 0) is 0 Å². The van der Waals surface area contributed by atoms with Crippen molar-refractivity contribution in [2.24, 2.45) is 5.41 Å². The van der Waals surface area contributed by atoms with Gasteiger partial charge in [0.1, 0.15) is 17.2 Å². The fourth-order valence-electron chi connectivity index (χ4n) is 6.87. The van der Waals surface area contributed by atoms with Gasteiger partial charge in [-0.2, -0.15) is 0 Å². The Morgan fingerprint density at radius 3 is 2.05 bits per heavy atom. The molecule has 190 valence electrons. The van der Waals surface area contributed by atoms with Crippen molar-refractivity contribution in [2.75, 3.05) is 12.0 Å². The second-order valence-corrected chi connectivity index (χ2v) is 10.3. The zero-order chi connectivity index (χ0) is 26.7. The fraction of sp³-hybridized carbons (Fsp3) is 0.147. The van der Waals surface area contributed by atoms with Crippen LogP contribution in [0.1, 0.15) is 48.1 Å². The lowest BCUT2D eigenvalue weighted by molar-refractivity contribution is 0.0666. The average molecular weight is 512 g/mol. The monoisotopic (exact) mass is 511 g/mol. The fourth-order valence-corrected chi connectivity index (χ4v) is 6.87. The van der Waals surface area contributed by atoms with Crippen molar-refractivity contribution in [3.8, 4) is 5.75 Å². The first-order valence-corrected chi connectivity index (χ1v) is 13.0. The molecule has 1 fully saturated rings. The number of nitrogens with zero attached hydrogens (tertiary/aromatic N) is 1. The van der Waals surface area contributed by atoms with Gasteiger partial charge in [0.2, 0.25) is 0 Å². The van der Waals surface area contributed by atoms with Crippen molar-refractivity contribution in [3.05, 3.63) is 137 Å². The Morgan fingerprint density at radius 1 is 0.769 bits per heavy atom. The lowest BCUT2D eigenvalue weighted by Crippen LogP contribution is -2.48. The van der Waals surface area contributed by atoms with E-state index in [1.165, 1.54) is 0 Å². The van der Waals surface area contributed by atoms with Crippen LogP contribution in [0.4, 0.5) is 5.69 Å². The number of benzene rings is 4. The van der Waals surface area contributed by atoms with Crippen LogP contribution >= 0.6 is 0 Å². The van der Waals surface area contributed by atoms with E-state index in [1.54, 1.807) is 43.5 Å². The maximum Gasteiger partial charge on any atom is 0.185 e. The van der Waals surface area contributed by atoms with Gasteiger partial charge < -0.3 is 9.64 Å². The zero-order valence-corrected chi connectivity index (χ0v) is 21.3. The molecule has 0 amide bonds. The van der Waals surface area contributed by atoms with E-state index in [1.807, 2.05) is 83.8 Å². The van der Waals surface area contributed by atoms with Crippen LogP contribution < -0.4 is 9.64 Å². The van der Waals surface area contributed by atoms with E-state index in [4.69, 9.17) is 4.74 Å². The minimum absolute atomic E-state index is 0.125. The molecule has 0 radical (unpaired) electrons. The Kier molecular flexibility index (Phi) is 5.17. The molecule has 0 saturated carbocycles. The molecule has 0 N–H and O–H groups in total. The molecule has 5 heteroatoms. The third-order valence-electron chi connectivity index (χ3n) is 8.51. The number of anilines is 1. The van der Waals surface area contributed by atoms with E-state index in [2.05, 4.69) is 0 Å². The Hall–Kier alpha value is -4.77. The number of ether oxygens (including phenoxy) is 1. The molecule has 4 aromatic carbocycles. The van der Waals surface area contributed by atoms with Crippen LogP contribution in [0.15, 0.2) is 109 Å². The highest BCUT2D eigenvalue weighted by atomic mass is 16.5. The summed E-state index contributed by atoms with van der Waals surface area (Å²) in [7, 11) is 1.59. The molecule has 3 atom stereocenters. The van der Waals surface area contributed by atoms with Gasteiger partial charge in [0.25, 0.3) is 0 Å². The molecule has 2 aliphatic heterocycles. The minimum Gasteiger partial charge on any atom is -0.497 e. The molecule has 0 bridgehead atoms. The van der Waals surface area contributed by atoms with Gasteiger partial charge >= 0.3 is 0 Å². The lowest BCUT2D eigenvalue weighted by Gasteiger charge is -2.37. The molecule has 0 aromatic heterocycles. The SMILES string of the molecule is COc1ccc([C@@H]2[C@H](C(=O)c3ccccc3)N3c4ccccc4C=C[C@H]3C23C(=O)c2ccccc2C3=O)cc1. The summed E-state index contributed by atoms with van der Waals surface area (Å²) in [6.07, 6.45) is 3.92. The molecule has 7 rings (SSSR count). The quantitative estimate of drug-likeness (QED) is 0.248. The van der Waals surface area contributed by atoms with Gasteiger partial charge in [-0.1, -0.05) is 97.1 Å². The molecule has 1 aliphatic carbocycles. The van der Waals surface area contributed by atoms with Crippen molar-refractivity contribution in [1.29, 1.82) is 0 Å². The van der Waals surface area contributed by atoms with E-state index in [0.717, 1.165) is 16.8 Å². The summed E-state index contributed by atoms with van der Waals surface area (Å²) in [6.45, 7) is 0. The molecule has 1 spiro atoms. The normalized spacial score (nSPS) is 22.0. The van der Waals surface area contributed by atoms with Crippen LogP contribution in [0, 0.1) is 5.41 Å². The van der Waals surface area contributed by atoms with Crippen molar-refractivity contribution in [3.63, 3.8) is 0 Å². The number of fused-ring (bicyclic) bond motifs is 5. The number of rotatable bonds is 4. The van der Waals surface area contributed by atoms with Gasteiger partial charge in [-0.25, -0.2) is 0 Å². The summed E-state index contributed by atoms with van der Waals surface area (Å²) in [5.74, 6) is -0.658. The number of methoxy groups -OCH3 is 1. The third-order valence-corrected chi connectivity index (χ3v) is 8.51. The average Bonchev–Trinajstić information content (AvgIpc) is 3.43. The largest absolute Gasteiger partial charge is 0.497 e. The molecular formula is C34H25NO4. The first-order chi connectivity index (χ1) is 19.1. The van der Waals surface area contributed by atoms with Gasteiger partial charge in [-0.15, -0.1) is 0 Å². The van der Waals surface area contributed by atoms with Crippen LogP contribution in [-0.4, -0.2) is 36.5 Å². The minimum atomic E-state index is -1.50. The summed E-state index contributed by atoms with van der Waals surface area (Å²) < 4.78 is 5.40. The molecule has 4 aromatic rings. The number of Topliss-reactive ketones (excluding diaryl/α,β-unsaturated/α-hetero) is 3. The standard InChI is InChI=1S/C34H25NO4/c1-39-24-18-15-22(16-19-24)29-30(31(36)23-10-3-2-4-11-23)35-27-14-8-5-9-21(27)17-20-28(35)34(29)32(37)25-12-6-7-13-26(25)33(34)38/h2-20,28-30H,1H3/t28-,29+,30+/m0/s1. The van der Waals surface area contributed by atoms with Gasteiger partial charge in [-0.3, -0.25) is 14.4 Å². The molecular weight excluding hydrogens is 486 g/mol. The van der Waals surface area contributed by atoms with Crippen molar-refractivity contribution < 1.29 is 19.1 Å². The van der Waals surface area contributed by atoms with Gasteiger partial charge in [0.05, 0.1) is 13.2 Å². The van der Waals surface area contributed by atoms with E-state index >= 15 is 0 Å². The zero-order valence-electron chi connectivity index (χ0n) is 21.3. The predicted octanol–water partition coefficient (Wildman–Crippen LogP) is 6.01. The molecule has 5 nitrogen and oxygen atoms in total. The maximum atomic E-state index is 14.6. The summed E-state index contributed by atoms with van der Waals surface area (Å²) in [6, 6.07) is 30.0. The number of ketones is 3. The van der Waals surface area contributed by atoms with E-state index in [0.29, 0.717) is 22.4 Å².